The van der Waals surface area contributed by atoms with Crippen molar-refractivity contribution in [1.82, 2.24) is 20.3 Å². The molecule has 192 valence electrons. The summed E-state index contributed by atoms with van der Waals surface area (Å²) in [5.74, 6) is -0.156. The van der Waals surface area contributed by atoms with E-state index < -0.39 is 0 Å². The van der Waals surface area contributed by atoms with E-state index in [1.54, 1.807) is 0 Å². The number of nitrogens with zero attached hydrogens (tertiary/aromatic N) is 3. The van der Waals surface area contributed by atoms with E-state index in [1.807, 2.05) is 10.9 Å². The van der Waals surface area contributed by atoms with Gasteiger partial charge in [-0.1, -0.05) is 12.1 Å². The van der Waals surface area contributed by atoms with Crippen molar-refractivity contribution < 1.29 is 38.0 Å². The number of aromatic nitrogens is 3. The second kappa shape index (κ2) is 22.1. The van der Waals surface area contributed by atoms with E-state index in [9.17, 15) is 4.79 Å². The molecule has 0 unspecified atom stereocenters. The van der Waals surface area contributed by atoms with E-state index >= 15 is 0 Å². The highest BCUT2D eigenvalue weighted by molar-refractivity contribution is 5.77. The van der Waals surface area contributed by atoms with Crippen LogP contribution in [0.25, 0.3) is 0 Å². The van der Waals surface area contributed by atoms with Crippen LogP contribution in [0.3, 0.4) is 0 Å². The number of hydrogen-bond donors (Lipinski definition) is 1. The zero-order chi connectivity index (χ0) is 23.8. The molecular weight excluding hydrogens is 436 g/mol. The van der Waals surface area contributed by atoms with Gasteiger partial charge in [-0.05, 0) is 6.42 Å². The maximum absolute atomic E-state index is 11.1. The molecule has 0 aromatic carbocycles. The Kier molecular flexibility index (Phi) is 19.7. The van der Waals surface area contributed by atoms with Gasteiger partial charge in [0.05, 0.1) is 85.5 Å². The van der Waals surface area contributed by atoms with Gasteiger partial charge < -0.3 is 38.5 Å². The summed E-state index contributed by atoms with van der Waals surface area (Å²) < 4.78 is 39.1. The molecule has 1 amide bonds. The molecule has 0 aliphatic heterocycles. The lowest BCUT2D eigenvalue weighted by Gasteiger charge is -2.08. The number of aryl methyl sites for hydroxylation is 1. The Labute approximate surface area is 196 Å². The molecule has 1 aromatic heterocycles. The minimum Gasteiger partial charge on any atom is -0.377 e. The largest absolute Gasteiger partial charge is 0.377 e. The molecule has 0 spiro atoms. The van der Waals surface area contributed by atoms with Crippen molar-refractivity contribution in [1.29, 1.82) is 0 Å². The van der Waals surface area contributed by atoms with Crippen LogP contribution in [0.15, 0.2) is 6.20 Å². The number of methoxy groups -OCH3 is 1. The zero-order valence-electron chi connectivity index (χ0n) is 20.0. The maximum atomic E-state index is 11.1. The SMILES string of the molecule is CCCn1cc(COCCOCCOCCOCCOCCOCCNC(=O)COC)nn1. The quantitative estimate of drug-likeness (QED) is 0.205. The summed E-state index contributed by atoms with van der Waals surface area (Å²) in [5.41, 5.74) is 0.825. The fourth-order valence-electron chi connectivity index (χ4n) is 2.46. The summed E-state index contributed by atoms with van der Waals surface area (Å²) >= 11 is 0. The van der Waals surface area contributed by atoms with Gasteiger partial charge in [-0.15, -0.1) is 5.10 Å². The van der Waals surface area contributed by atoms with Crippen molar-refractivity contribution >= 4 is 5.91 Å². The van der Waals surface area contributed by atoms with E-state index in [4.69, 9.17) is 33.2 Å². The lowest BCUT2D eigenvalue weighted by molar-refractivity contribution is -0.125. The molecule has 1 aromatic rings. The highest BCUT2D eigenvalue weighted by Gasteiger charge is 2.00. The lowest BCUT2D eigenvalue weighted by Crippen LogP contribution is -2.30. The van der Waals surface area contributed by atoms with Gasteiger partial charge in [0.2, 0.25) is 5.91 Å². The van der Waals surface area contributed by atoms with E-state index in [0.717, 1.165) is 18.7 Å². The summed E-state index contributed by atoms with van der Waals surface area (Å²) in [6, 6.07) is 0. The maximum Gasteiger partial charge on any atom is 0.246 e. The first-order chi connectivity index (χ1) is 16.3. The van der Waals surface area contributed by atoms with Crippen LogP contribution in [-0.4, -0.2) is 114 Å². The first-order valence-corrected chi connectivity index (χ1v) is 11.4. The predicted molar refractivity (Wildman–Crippen MR) is 119 cm³/mol. The van der Waals surface area contributed by atoms with Gasteiger partial charge in [0.25, 0.3) is 0 Å². The summed E-state index contributed by atoms with van der Waals surface area (Å²) in [5, 5.41) is 10.7. The highest BCUT2D eigenvalue weighted by atomic mass is 16.6. The van der Waals surface area contributed by atoms with Gasteiger partial charge in [-0.3, -0.25) is 9.48 Å². The van der Waals surface area contributed by atoms with Gasteiger partial charge >= 0.3 is 0 Å². The molecule has 1 N–H and O–H groups in total. The van der Waals surface area contributed by atoms with E-state index in [2.05, 4.69) is 22.6 Å². The van der Waals surface area contributed by atoms with Crippen molar-refractivity contribution in [2.45, 2.75) is 26.5 Å². The van der Waals surface area contributed by atoms with Crippen molar-refractivity contribution in [2.75, 3.05) is 92.9 Å². The van der Waals surface area contributed by atoms with Gasteiger partial charge in [-0.25, -0.2) is 0 Å². The minimum absolute atomic E-state index is 0.0592. The van der Waals surface area contributed by atoms with Crippen LogP contribution in [0.4, 0.5) is 0 Å². The second-order valence-electron chi connectivity index (χ2n) is 6.87. The topological polar surface area (TPSA) is 124 Å². The van der Waals surface area contributed by atoms with Crippen LogP contribution in [-0.2, 0) is 51.1 Å². The molecule has 0 fully saturated rings. The molecule has 0 bridgehead atoms. The van der Waals surface area contributed by atoms with Gasteiger partial charge in [0, 0.05) is 20.2 Å². The van der Waals surface area contributed by atoms with Crippen molar-refractivity contribution in [2.24, 2.45) is 0 Å². The fraction of sp³-hybridized carbons (Fsp3) is 0.857. The summed E-state index contributed by atoms with van der Waals surface area (Å²) in [6.45, 7) is 9.31. The Morgan fingerprint density at radius 2 is 1.36 bits per heavy atom. The molecule has 0 saturated carbocycles. The average molecular weight is 477 g/mol. The van der Waals surface area contributed by atoms with Crippen LogP contribution in [0.2, 0.25) is 0 Å². The number of amides is 1. The highest BCUT2D eigenvalue weighted by Crippen LogP contribution is 1.97. The van der Waals surface area contributed by atoms with Crippen LogP contribution >= 0.6 is 0 Å². The lowest BCUT2D eigenvalue weighted by atomic mass is 10.5. The van der Waals surface area contributed by atoms with E-state index in [-0.39, 0.29) is 12.5 Å². The summed E-state index contributed by atoms with van der Waals surface area (Å²) in [7, 11) is 1.48. The van der Waals surface area contributed by atoms with Gasteiger partial charge in [0.15, 0.2) is 0 Å². The fourth-order valence-corrected chi connectivity index (χ4v) is 2.46. The number of ether oxygens (including phenoxy) is 7. The number of nitrogens with one attached hydrogen (secondary N) is 1. The monoisotopic (exact) mass is 476 g/mol. The van der Waals surface area contributed by atoms with Crippen molar-refractivity contribution in [3.8, 4) is 0 Å². The second-order valence-corrected chi connectivity index (χ2v) is 6.87. The third-order valence-electron chi connectivity index (χ3n) is 3.99. The van der Waals surface area contributed by atoms with Gasteiger partial charge in [-0.2, -0.15) is 0 Å². The van der Waals surface area contributed by atoms with Crippen LogP contribution < -0.4 is 5.32 Å². The molecule has 0 radical (unpaired) electrons. The van der Waals surface area contributed by atoms with Gasteiger partial charge in [0.1, 0.15) is 12.3 Å². The van der Waals surface area contributed by atoms with E-state index in [0.29, 0.717) is 85.8 Å². The molecule has 0 atom stereocenters. The molecular formula is C21H40N4O8. The molecule has 33 heavy (non-hydrogen) atoms. The summed E-state index contributed by atoms with van der Waals surface area (Å²) in [4.78, 5) is 11.1. The molecule has 1 rings (SSSR count). The number of rotatable bonds is 24. The zero-order valence-corrected chi connectivity index (χ0v) is 20.0. The summed E-state index contributed by atoms with van der Waals surface area (Å²) in [6.07, 6.45) is 2.93. The number of carbonyl (C=O) groups excluding carboxylic acids is 1. The Morgan fingerprint density at radius 3 is 1.88 bits per heavy atom. The molecule has 0 aliphatic rings. The van der Waals surface area contributed by atoms with E-state index in [1.165, 1.54) is 7.11 Å². The van der Waals surface area contributed by atoms with Crippen LogP contribution in [0, 0.1) is 0 Å². The Bertz CT molecular complexity index is 576. The first-order valence-electron chi connectivity index (χ1n) is 11.4. The van der Waals surface area contributed by atoms with Crippen LogP contribution in [0.5, 0.6) is 0 Å². The Balaban J connectivity index is 1.71. The third kappa shape index (κ3) is 18.4. The Hall–Kier alpha value is -1.67. The molecule has 12 nitrogen and oxygen atoms in total. The van der Waals surface area contributed by atoms with Crippen LogP contribution in [0.1, 0.15) is 19.0 Å². The number of hydrogen-bond acceptors (Lipinski definition) is 10. The molecule has 12 heteroatoms. The Morgan fingerprint density at radius 1 is 0.848 bits per heavy atom. The van der Waals surface area contributed by atoms with Crippen molar-refractivity contribution in [3.63, 3.8) is 0 Å². The smallest absolute Gasteiger partial charge is 0.246 e. The molecule has 0 aliphatic carbocycles. The normalized spacial score (nSPS) is 11.2. The average Bonchev–Trinajstić information content (AvgIpc) is 3.25. The minimum atomic E-state index is -0.156. The molecule has 1 heterocycles. The number of carbonyl (C=O) groups is 1. The third-order valence-corrected chi connectivity index (χ3v) is 3.99. The first kappa shape index (κ1) is 29.4. The predicted octanol–water partition coefficient (Wildman–Crippen LogP) is 0.0503. The standard InChI is InChI=1S/C21H40N4O8/c1-3-5-25-17-20(23-24-25)18-33-16-15-32-14-13-31-12-11-30-10-9-29-8-7-28-6-4-22-21(26)19-27-2/h17H,3-16,18-19H2,1-2H3,(H,22,26). The molecule has 0 saturated heterocycles. The van der Waals surface area contributed by atoms with Crippen molar-refractivity contribution in [3.05, 3.63) is 11.9 Å².